The quantitative estimate of drug-likeness (QED) is 0.168. The largest absolute Gasteiger partial charge is 0.455 e. The van der Waals surface area contributed by atoms with Crippen LogP contribution in [0.25, 0.3) is 122 Å². The van der Waals surface area contributed by atoms with Crippen molar-refractivity contribution in [3.63, 3.8) is 0 Å². The third-order valence-corrected chi connectivity index (χ3v) is 12.4. The molecule has 0 aliphatic heterocycles. The molecule has 0 saturated heterocycles. The monoisotopic (exact) mass is 805 g/mol. The second kappa shape index (κ2) is 14.0. The Morgan fingerprint density at radius 1 is 0.317 bits per heavy atom. The molecule has 4 heterocycles. The molecule has 0 atom stereocenters. The fourth-order valence-corrected chi connectivity index (χ4v) is 9.67. The van der Waals surface area contributed by atoms with Gasteiger partial charge in [0.25, 0.3) is 0 Å². The van der Waals surface area contributed by atoms with Crippen molar-refractivity contribution in [2.75, 3.05) is 0 Å². The molecule has 0 N–H and O–H groups in total. The Kier molecular flexibility index (Phi) is 7.80. The number of hydrogen-bond donors (Lipinski definition) is 0. The molecule has 9 aromatic carbocycles. The SMILES string of the molecule is c1ccc(-c2nc(-c3cccc4c3oc3ccccc34)nc(-n3c4ccccc4c4ccc5c6ccccc6n(-c6ccccc6-c6ccccc6-c6ccccc6)c5c43)n2)cc1. The minimum atomic E-state index is 0.519. The van der Waals surface area contributed by atoms with Gasteiger partial charge in [0.15, 0.2) is 11.6 Å². The number of aromatic nitrogens is 5. The highest BCUT2D eigenvalue weighted by molar-refractivity contribution is 6.24. The molecule has 0 saturated carbocycles. The number of rotatable bonds is 6. The standard InChI is InChI=1S/C57H35N5O/c1-3-18-36(19-4-1)38-22-7-8-23-39(38)40-24-9-13-30-48(40)61-49-31-14-10-25-41(49)44-34-35-45-42-26-11-15-32-50(42)62(53(45)52(44)61)57-59-55(37-20-5-2-6-21-37)58-56(60-57)47-29-17-28-46-43-27-12-16-33-51(43)63-54(46)47/h1-35H. The Morgan fingerprint density at radius 2 is 0.841 bits per heavy atom. The van der Waals surface area contributed by atoms with E-state index in [2.05, 4.69) is 179 Å². The van der Waals surface area contributed by atoms with Crippen LogP contribution < -0.4 is 0 Å². The van der Waals surface area contributed by atoms with E-state index in [1.54, 1.807) is 0 Å². The summed E-state index contributed by atoms with van der Waals surface area (Å²) in [5.74, 6) is 1.63. The summed E-state index contributed by atoms with van der Waals surface area (Å²) in [5, 5.41) is 6.58. The minimum absolute atomic E-state index is 0.519. The van der Waals surface area contributed by atoms with Gasteiger partial charge in [-0.1, -0.05) is 182 Å². The van der Waals surface area contributed by atoms with Crippen molar-refractivity contribution in [3.8, 4) is 56.7 Å². The minimum Gasteiger partial charge on any atom is -0.455 e. The molecular formula is C57H35N5O. The first-order valence-electron chi connectivity index (χ1n) is 21.2. The highest BCUT2D eigenvalue weighted by Crippen LogP contribution is 2.44. The Labute approximate surface area is 361 Å². The maximum Gasteiger partial charge on any atom is 0.238 e. The zero-order chi connectivity index (χ0) is 41.4. The number of hydrogen-bond acceptors (Lipinski definition) is 4. The molecule has 6 nitrogen and oxygen atoms in total. The first-order valence-corrected chi connectivity index (χ1v) is 21.2. The Bertz CT molecular complexity index is 3920. The van der Waals surface area contributed by atoms with Gasteiger partial charge in [-0.15, -0.1) is 0 Å². The van der Waals surface area contributed by atoms with E-state index in [0.717, 1.165) is 93.5 Å². The van der Waals surface area contributed by atoms with Crippen LogP contribution in [0.5, 0.6) is 0 Å². The average Bonchev–Trinajstić information content (AvgIpc) is 4.02. The fourth-order valence-electron chi connectivity index (χ4n) is 9.67. The lowest BCUT2D eigenvalue weighted by atomic mass is 9.93. The summed E-state index contributed by atoms with van der Waals surface area (Å²) < 4.78 is 11.3. The second-order valence-electron chi connectivity index (χ2n) is 15.9. The molecule has 0 spiro atoms. The summed E-state index contributed by atoms with van der Waals surface area (Å²) >= 11 is 0. The van der Waals surface area contributed by atoms with E-state index >= 15 is 0 Å². The van der Waals surface area contributed by atoms with Gasteiger partial charge in [-0.2, -0.15) is 9.97 Å². The van der Waals surface area contributed by atoms with Crippen molar-refractivity contribution >= 4 is 65.6 Å². The highest BCUT2D eigenvalue weighted by atomic mass is 16.3. The molecule has 6 heteroatoms. The molecular weight excluding hydrogens is 771 g/mol. The topological polar surface area (TPSA) is 61.7 Å². The van der Waals surface area contributed by atoms with Crippen LogP contribution in [0.4, 0.5) is 0 Å². The van der Waals surface area contributed by atoms with Gasteiger partial charge in [-0.05, 0) is 47.0 Å². The van der Waals surface area contributed by atoms with Gasteiger partial charge in [0.1, 0.15) is 11.2 Å². The van der Waals surface area contributed by atoms with Crippen molar-refractivity contribution in [2.45, 2.75) is 0 Å². The van der Waals surface area contributed by atoms with Crippen LogP contribution in [0.3, 0.4) is 0 Å². The summed E-state index contributed by atoms with van der Waals surface area (Å²) in [6, 6.07) is 74.5. The van der Waals surface area contributed by atoms with Gasteiger partial charge in [0.05, 0.1) is 33.3 Å². The zero-order valence-electron chi connectivity index (χ0n) is 33.9. The molecule has 63 heavy (non-hydrogen) atoms. The van der Waals surface area contributed by atoms with Crippen LogP contribution in [0.15, 0.2) is 217 Å². The Morgan fingerprint density at radius 3 is 1.59 bits per heavy atom. The number of para-hydroxylation sites is 5. The van der Waals surface area contributed by atoms with Crippen LogP contribution in [0, 0.1) is 0 Å². The molecule has 13 aromatic rings. The lowest BCUT2D eigenvalue weighted by Crippen LogP contribution is -2.07. The van der Waals surface area contributed by atoms with Crippen LogP contribution in [-0.2, 0) is 0 Å². The summed E-state index contributed by atoms with van der Waals surface area (Å²) in [7, 11) is 0. The van der Waals surface area contributed by atoms with Crippen molar-refractivity contribution in [1.82, 2.24) is 24.1 Å². The molecule has 0 amide bonds. The van der Waals surface area contributed by atoms with Crippen molar-refractivity contribution in [3.05, 3.63) is 212 Å². The molecule has 0 aliphatic rings. The predicted molar refractivity (Wildman–Crippen MR) is 258 cm³/mol. The smallest absolute Gasteiger partial charge is 0.238 e. The van der Waals surface area contributed by atoms with Crippen molar-refractivity contribution < 1.29 is 4.42 Å². The summed E-state index contributed by atoms with van der Waals surface area (Å²) in [4.78, 5) is 16.0. The lowest BCUT2D eigenvalue weighted by Gasteiger charge is -2.18. The average molecular weight is 806 g/mol. The summed E-state index contributed by atoms with van der Waals surface area (Å²) in [5.41, 5.74) is 13.2. The van der Waals surface area contributed by atoms with Crippen LogP contribution in [0.1, 0.15) is 0 Å². The normalized spacial score (nSPS) is 11.8. The third kappa shape index (κ3) is 5.41. The number of benzene rings is 9. The fraction of sp³-hybridized carbons (Fsp3) is 0. The molecule has 0 bridgehead atoms. The summed E-state index contributed by atoms with van der Waals surface area (Å²) in [6.07, 6.45) is 0. The zero-order valence-corrected chi connectivity index (χ0v) is 33.9. The molecule has 0 radical (unpaired) electrons. The van der Waals surface area contributed by atoms with E-state index in [1.165, 1.54) is 11.1 Å². The van der Waals surface area contributed by atoms with Gasteiger partial charge in [-0.25, -0.2) is 4.98 Å². The summed E-state index contributed by atoms with van der Waals surface area (Å²) in [6.45, 7) is 0. The van der Waals surface area contributed by atoms with Gasteiger partial charge in [0, 0.05) is 43.4 Å². The van der Waals surface area contributed by atoms with E-state index < -0.39 is 0 Å². The van der Waals surface area contributed by atoms with E-state index in [4.69, 9.17) is 19.4 Å². The van der Waals surface area contributed by atoms with Gasteiger partial charge >= 0.3 is 0 Å². The second-order valence-corrected chi connectivity index (χ2v) is 15.9. The van der Waals surface area contributed by atoms with Crippen molar-refractivity contribution in [1.29, 1.82) is 0 Å². The first-order chi connectivity index (χ1) is 31.3. The molecule has 0 unspecified atom stereocenters. The van der Waals surface area contributed by atoms with Gasteiger partial charge in [-0.3, -0.25) is 4.57 Å². The van der Waals surface area contributed by atoms with Gasteiger partial charge in [0.2, 0.25) is 5.95 Å². The van der Waals surface area contributed by atoms with E-state index in [-0.39, 0.29) is 0 Å². The molecule has 294 valence electrons. The third-order valence-electron chi connectivity index (χ3n) is 12.4. The number of nitrogens with zero attached hydrogens (tertiary/aromatic N) is 5. The van der Waals surface area contributed by atoms with Crippen LogP contribution in [0.2, 0.25) is 0 Å². The van der Waals surface area contributed by atoms with Crippen LogP contribution >= 0.6 is 0 Å². The Hall–Kier alpha value is -8.61. The molecule has 13 rings (SSSR count). The maximum atomic E-state index is 6.58. The maximum absolute atomic E-state index is 6.58. The lowest BCUT2D eigenvalue weighted by molar-refractivity contribution is 0.669. The molecule has 0 aliphatic carbocycles. The predicted octanol–water partition coefficient (Wildman–Crippen LogP) is 14.6. The van der Waals surface area contributed by atoms with E-state index in [0.29, 0.717) is 17.6 Å². The first kappa shape index (κ1) is 35.2. The van der Waals surface area contributed by atoms with Crippen molar-refractivity contribution in [2.24, 2.45) is 0 Å². The van der Waals surface area contributed by atoms with E-state index in [9.17, 15) is 0 Å². The number of fused-ring (bicyclic) bond motifs is 10. The van der Waals surface area contributed by atoms with Crippen LogP contribution in [-0.4, -0.2) is 24.1 Å². The Balaban J connectivity index is 1.16. The van der Waals surface area contributed by atoms with E-state index in [1.807, 2.05) is 42.5 Å². The molecule has 4 aromatic heterocycles. The molecule has 0 fully saturated rings. The highest BCUT2D eigenvalue weighted by Gasteiger charge is 2.25. The van der Waals surface area contributed by atoms with Gasteiger partial charge < -0.3 is 8.98 Å². The number of furan rings is 1.